The van der Waals surface area contributed by atoms with Crippen molar-refractivity contribution in [3.63, 3.8) is 0 Å². The number of methoxy groups -OCH3 is 1. The number of nitrogens with one attached hydrogen (secondary N) is 1. The number of carbonyl (C=O) groups excluding carboxylic acids is 1. The fraction of sp³-hybridized carbons (Fsp3) is 0.462. The molecule has 20 heavy (non-hydrogen) atoms. The van der Waals surface area contributed by atoms with Gasteiger partial charge in [-0.2, -0.15) is 0 Å². The number of carbonyl (C=O) groups is 1. The van der Waals surface area contributed by atoms with Gasteiger partial charge in [0.1, 0.15) is 0 Å². The molecular weight excluding hydrogens is 282 g/mol. The van der Waals surface area contributed by atoms with Gasteiger partial charge in [-0.15, -0.1) is 0 Å². The summed E-state index contributed by atoms with van der Waals surface area (Å²) in [5.74, 6) is -0.700. The maximum atomic E-state index is 12.0. The quantitative estimate of drug-likeness (QED) is 0.703. The molecule has 0 spiro atoms. The monoisotopic (exact) mass is 301 g/mol. The van der Waals surface area contributed by atoms with Crippen LogP contribution in [0.15, 0.2) is 35.2 Å². The lowest BCUT2D eigenvalue weighted by molar-refractivity contribution is -0.122. The summed E-state index contributed by atoms with van der Waals surface area (Å²) in [6, 6.07) is 7.46. The first kappa shape index (κ1) is 16.6. The molecular formula is C13H19NO5S. The average Bonchev–Trinajstić information content (AvgIpc) is 2.46. The summed E-state index contributed by atoms with van der Waals surface area (Å²) < 4.78 is 28.7. The molecule has 0 saturated carbocycles. The third kappa shape index (κ3) is 5.28. The van der Waals surface area contributed by atoms with Gasteiger partial charge in [-0.3, -0.25) is 4.79 Å². The van der Waals surface area contributed by atoms with Gasteiger partial charge in [-0.05, 0) is 12.1 Å². The molecule has 1 aromatic rings. The van der Waals surface area contributed by atoms with E-state index < -0.39 is 21.8 Å². The van der Waals surface area contributed by atoms with Crippen molar-refractivity contribution in [3.8, 4) is 0 Å². The molecule has 0 radical (unpaired) electrons. The van der Waals surface area contributed by atoms with Crippen LogP contribution < -0.4 is 5.32 Å². The second kappa shape index (κ2) is 7.98. The van der Waals surface area contributed by atoms with Crippen LogP contribution >= 0.6 is 0 Å². The van der Waals surface area contributed by atoms with Crippen LogP contribution in [0.1, 0.15) is 6.42 Å². The number of ether oxygens (including phenoxy) is 1. The number of amides is 1. The van der Waals surface area contributed by atoms with E-state index in [0.717, 1.165) is 0 Å². The number of hydrogen-bond acceptors (Lipinski definition) is 5. The molecule has 1 rings (SSSR count). The Morgan fingerprint density at radius 1 is 1.35 bits per heavy atom. The fourth-order valence-corrected chi connectivity index (χ4v) is 2.88. The molecule has 1 amide bonds. The number of aliphatic hydroxyl groups is 1. The summed E-state index contributed by atoms with van der Waals surface area (Å²) in [6.07, 6.45) is -0.155. The highest BCUT2D eigenvalue weighted by molar-refractivity contribution is 7.91. The van der Waals surface area contributed by atoms with Crippen molar-refractivity contribution in [2.24, 2.45) is 0 Å². The molecule has 6 nitrogen and oxygen atoms in total. The Hall–Kier alpha value is -1.44. The van der Waals surface area contributed by atoms with Crippen molar-refractivity contribution in [1.29, 1.82) is 0 Å². The van der Waals surface area contributed by atoms with E-state index in [1.165, 1.54) is 19.2 Å². The third-order valence-corrected chi connectivity index (χ3v) is 4.39. The van der Waals surface area contributed by atoms with Gasteiger partial charge in [0.15, 0.2) is 9.84 Å². The molecule has 0 aromatic heterocycles. The Morgan fingerprint density at radius 2 is 2.00 bits per heavy atom. The van der Waals surface area contributed by atoms with E-state index in [2.05, 4.69) is 5.32 Å². The van der Waals surface area contributed by atoms with E-state index in [0.29, 0.717) is 0 Å². The first-order valence-electron chi connectivity index (χ1n) is 6.16. The van der Waals surface area contributed by atoms with Crippen LogP contribution in [0.3, 0.4) is 0 Å². The van der Waals surface area contributed by atoms with Crippen LogP contribution in [0.4, 0.5) is 0 Å². The number of sulfone groups is 1. The molecule has 0 saturated heterocycles. The minimum atomic E-state index is -3.46. The van der Waals surface area contributed by atoms with Crippen molar-refractivity contribution in [3.05, 3.63) is 30.3 Å². The zero-order valence-corrected chi connectivity index (χ0v) is 12.1. The van der Waals surface area contributed by atoms with E-state index in [4.69, 9.17) is 9.84 Å². The zero-order valence-electron chi connectivity index (χ0n) is 11.3. The standard InChI is InChI=1S/C13H19NO5S/c1-19-10-11(9-15)14-13(16)7-8-20(17,18)12-5-3-2-4-6-12/h2-6,11,15H,7-10H2,1H3,(H,14,16). The average molecular weight is 301 g/mol. The molecule has 0 heterocycles. The maximum Gasteiger partial charge on any atom is 0.221 e. The van der Waals surface area contributed by atoms with Crippen molar-refractivity contribution in [1.82, 2.24) is 5.32 Å². The van der Waals surface area contributed by atoms with E-state index in [9.17, 15) is 13.2 Å². The van der Waals surface area contributed by atoms with Crippen LogP contribution in [-0.4, -0.2) is 51.5 Å². The molecule has 1 aromatic carbocycles. The van der Waals surface area contributed by atoms with E-state index in [1.807, 2.05) is 0 Å². The van der Waals surface area contributed by atoms with Crippen LogP contribution in [0.2, 0.25) is 0 Å². The summed E-state index contributed by atoms with van der Waals surface area (Å²) in [6.45, 7) is -0.0846. The lowest BCUT2D eigenvalue weighted by atomic mass is 10.3. The maximum absolute atomic E-state index is 12.0. The van der Waals surface area contributed by atoms with Crippen LogP contribution in [0, 0.1) is 0 Å². The Kier molecular flexibility index (Phi) is 6.63. The smallest absolute Gasteiger partial charge is 0.221 e. The van der Waals surface area contributed by atoms with Crippen LogP contribution in [-0.2, 0) is 19.4 Å². The minimum Gasteiger partial charge on any atom is -0.394 e. The molecule has 1 unspecified atom stereocenters. The van der Waals surface area contributed by atoms with Crippen molar-refractivity contribution in [2.45, 2.75) is 17.4 Å². The van der Waals surface area contributed by atoms with Gasteiger partial charge in [0, 0.05) is 13.5 Å². The number of aliphatic hydroxyl groups excluding tert-OH is 1. The summed E-state index contributed by atoms with van der Waals surface area (Å²) in [5, 5.41) is 11.5. The lowest BCUT2D eigenvalue weighted by Crippen LogP contribution is -2.41. The summed E-state index contributed by atoms with van der Waals surface area (Å²) in [7, 11) is -2.01. The molecule has 7 heteroatoms. The van der Waals surface area contributed by atoms with E-state index in [-0.39, 0.29) is 30.3 Å². The molecule has 0 fully saturated rings. The predicted octanol–water partition coefficient (Wildman–Crippen LogP) is -0.0261. The summed E-state index contributed by atoms with van der Waals surface area (Å²) in [4.78, 5) is 11.8. The van der Waals surface area contributed by atoms with Crippen molar-refractivity contribution in [2.75, 3.05) is 26.1 Å². The fourth-order valence-electron chi connectivity index (χ4n) is 1.61. The topological polar surface area (TPSA) is 92.7 Å². The first-order chi connectivity index (χ1) is 9.49. The lowest BCUT2D eigenvalue weighted by Gasteiger charge is -2.15. The van der Waals surface area contributed by atoms with Crippen LogP contribution in [0.25, 0.3) is 0 Å². The van der Waals surface area contributed by atoms with E-state index in [1.54, 1.807) is 18.2 Å². The number of rotatable bonds is 8. The van der Waals surface area contributed by atoms with Gasteiger partial charge in [0.2, 0.25) is 5.91 Å². The normalized spacial score (nSPS) is 12.9. The highest BCUT2D eigenvalue weighted by Gasteiger charge is 2.17. The first-order valence-corrected chi connectivity index (χ1v) is 7.82. The number of hydrogen-bond donors (Lipinski definition) is 2. The summed E-state index contributed by atoms with van der Waals surface area (Å²) in [5.41, 5.74) is 0. The largest absolute Gasteiger partial charge is 0.394 e. The Balaban J connectivity index is 2.52. The molecule has 0 bridgehead atoms. The van der Waals surface area contributed by atoms with Gasteiger partial charge in [-0.1, -0.05) is 18.2 Å². The zero-order chi connectivity index (χ0) is 15.0. The molecule has 0 aliphatic heterocycles. The van der Waals surface area contributed by atoms with Crippen molar-refractivity contribution < 1.29 is 23.1 Å². The second-order valence-electron chi connectivity index (χ2n) is 4.28. The molecule has 0 aliphatic rings. The molecule has 112 valence electrons. The highest BCUT2D eigenvalue weighted by atomic mass is 32.2. The highest BCUT2D eigenvalue weighted by Crippen LogP contribution is 2.10. The third-order valence-electron chi connectivity index (χ3n) is 2.65. The minimum absolute atomic E-state index is 0.155. The van der Waals surface area contributed by atoms with E-state index >= 15 is 0 Å². The van der Waals surface area contributed by atoms with Gasteiger partial charge in [0.05, 0.1) is 29.9 Å². The van der Waals surface area contributed by atoms with Gasteiger partial charge < -0.3 is 15.2 Å². The SMILES string of the molecule is COCC(CO)NC(=O)CCS(=O)(=O)c1ccccc1. The van der Waals surface area contributed by atoms with Crippen LogP contribution in [0.5, 0.6) is 0 Å². The predicted molar refractivity (Wildman–Crippen MR) is 74.0 cm³/mol. The molecule has 2 N–H and O–H groups in total. The van der Waals surface area contributed by atoms with Gasteiger partial charge in [-0.25, -0.2) is 8.42 Å². The molecule has 0 aliphatic carbocycles. The van der Waals surface area contributed by atoms with Gasteiger partial charge in [0.25, 0.3) is 0 Å². The van der Waals surface area contributed by atoms with Gasteiger partial charge >= 0.3 is 0 Å². The molecule has 1 atom stereocenters. The van der Waals surface area contributed by atoms with Crippen molar-refractivity contribution >= 4 is 15.7 Å². The Bertz CT molecular complexity index is 515. The second-order valence-corrected chi connectivity index (χ2v) is 6.39. The Morgan fingerprint density at radius 3 is 2.55 bits per heavy atom. The Labute approximate surface area is 118 Å². The number of benzene rings is 1. The summed E-state index contributed by atoms with van der Waals surface area (Å²) >= 11 is 0.